The minimum absolute atomic E-state index is 0.176. The van der Waals surface area contributed by atoms with Crippen LogP contribution in [0.4, 0.5) is 5.82 Å². The van der Waals surface area contributed by atoms with E-state index in [1.165, 1.54) is 12.8 Å². The van der Waals surface area contributed by atoms with Gasteiger partial charge < -0.3 is 16.8 Å². The van der Waals surface area contributed by atoms with Gasteiger partial charge in [0.1, 0.15) is 5.82 Å². The van der Waals surface area contributed by atoms with Gasteiger partial charge in [-0.15, -0.1) is 10.2 Å². The highest BCUT2D eigenvalue weighted by atomic mass is 16.1. The lowest BCUT2D eigenvalue weighted by Gasteiger charge is -2.28. The van der Waals surface area contributed by atoms with Gasteiger partial charge in [0.05, 0.1) is 0 Å². The summed E-state index contributed by atoms with van der Waals surface area (Å²) in [6.07, 6.45) is 4.72. The summed E-state index contributed by atoms with van der Waals surface area (Å²) in [4.78, 5) is 10.8. The first-order valence-electron chi connectivity index (χ1n) is 6.30. The van der Waals surface area contributed by atoms with E-state index in [0.717, 1.165) is 19.4 Å². The Balaban J connectivity index is 1.87. The summed E-state index contributed by atoms with van der Waals surface area (Å²) in [6.45, 7) is 0.797. The highest BCUT2D eigenvalue weighted by Crippen LogP contribution is 2.23. The van der Waals surface area contributed by atoms with Crippen molar-refractivity contribution in [1.29, 1.82) is 0 Å². The molecule has 0 aromatic carbocycles. The molecule has 6 nitrogen and oxygen atoms in total. The maximum atomic E-state index is 10.8. The van der Waals surface area contributed by atoms with Crippen LogP contribution in [0.5, 0.6) is 0 Å². The Bertz CT molecular complexity index is 405. The van der Waals surface area contributed by atoms with E-state index in [1.807, 2.05) is 0 Å². The summed E-state index contributed by atoms with van der Waals surface area (Å²) in [5, 5.41) is 10.9. The van der Waals surface area contributed by atoms with E-state index in [-0.39, 0.29) is 11.7 Å². The van der Waals surface area contributed by atoms with Crippen molar-refractivity contribution < 1.29 is 4.79 Å². The van der Waals surface area contributed by atoms with Gasteiger partial charge in [-0.25, -0.2) is 0 Å². The molecule has 1 amide bonds. The molecule has 1 heterocycles. The van der Waals surface area contributed by atoms with Crippen molar-refractivity contribution >= 4 is 11.7 Å². The molecule has 1 saturated carbocycles. The molecule has 6 heteroatoms. The van der Waals surface area contributed by atoms with Crippen molar-refractivity contribution in [2.75, 3.05) is 11.9 Å². The first-order valence-corrected chi connectivity index (χ1v) is 6.30. The number of aromatic nitrogens is 2. The standard InChI is InChI=1S/C12H19N5O/c13-9-4-2-1-3-8(9)7-15-11-6-5-10(12(14)18)16-17-11/h5-6,8-9H,1-4,7,13H2,(H2,14,18)(H,15,17). The molecule has 0 saturated heterocycles. The number of primary amides is 1. The van der Waals surface area contributed by atoms with Gasteiger partial charge in [-0.2, -0.15) is 0 Å². The molecule has 1 aliphatic carbocycles. The van der Waals surface area contributed by atoms with Crippen molar-refractivity contribution in [2.45, 2.75) is 31.7 Å². The van der Waals surface area contributed by atoms with Gasteiger partial charge in [-0.3, -0.25) is 4.79 Å². The second-order valence-electron chi connectivity index (χ2n) is 4.76. The van der Waals surface area contributed by atoms with Gasteiger partial charge in [0.2, 0.25) is 0 Å². The fraction of sp³-hybridized carbons (Fsp3) is 0.583. The first kappa shape index (κ1) is 12.8. The minimum atomic E-state index is -0.566. The summed E-state index contributed by atoms with van der Waals surface area (Å²) >= 11 is 0. The number of carbonyl (C=O) groups is 1. The van der Waals surface area contributed by atoms with E-state index < -0.39 is 5.91 Å². The molecular formula is C12H19N5O. The number of nitrogens with zero attached hydrogens (tertiary/aromatic N) is 2. The number of hydrogen-bond acceptors (Lipinski definition) is 5. The number of nitrogens with one attached hydrogen (secondary N) is 1. The third-order valence-corrected chi connectivity index (χ3v) is 3.43. The Morgan fingerprint density at radius 2 is 2.11 bits per heavy atom. The highest BCUT2D eigenvalue weighted by molar-refractivity contribution is 5.90. The predicted octanol–water partition coefficient (Wildman–Crippen LogP) is 0.505. The normalized spacial score (nSPS) is 23.6. The molecule has 18 heavy (non-hydrogen) atoms. The van der Waals surface area contributed by atoms with Crippen LogP contribution < -0.4 is 16.8 Å². The third-order valence-electron chi connectivity index (χ3n) is 3.43. The van der Waals surface area contributed by atoms with Crippen molar-refractivity contribution in [3.63, 3.8) is 0 Å². The van der Waals surface area contributed by atoms with Crippen molar-refractivity contribution in [3.05, 3.63) is 17.8 Å². The van der Waals surface area contributed by atoms with E-state index in [0.29, 0.717) is 11.7 Å². The van der Waals surface area contributed by atoms with Crippen LogP contribution >= 0.6 is 0 Å². The molecule has 1 aromatic rings. The fourth-order valence-electron chi connectivity index (χ4n) is 2.28. The second kappa shape index (κ2) is 5.77. The lowest BCUT2D eigenvalue weighted by Crippen LogP contribution is -2.37. The van der Waals surface area contributed by atoms with Gasteiger partial charge in [0, 0.05) is 12.6 Å². The monoisotopic (exact) mass is 249 g/mol. The zero-order chi connectivity index (χ0) is 13.0. The Labute approximate surface area is 106 Å². The molecule has 0 bridgehead atoms. The van der Waals surface area contributed by atoms with Gasteiger partial charge >= 0.3 is 0 Å². The van der Waals surface area contributed by atoms with Crippen LogP contribution in [-0.4, -0.2) is 28.7 Å². The SMILES string of the molecule is NC(=O)c1ccc(NCC2CCCCC2N)nn1. The van der Waals surface area contributed by atoms with Crippen LogP contribution in [0.2, 0.25) is 0 Å². The van der Waals surface area contributed by atoms with E-state index in [9.17, 15) is 4.79 Å². The number of carbonyl (C=O) groups excluding carboxylic acids is 1. The third kappa shape index (κ3) is 3.16. The zero-order valence-corrected chi connectivity index (χ0v) is 10.3. The summed E-state index contributed by atoms with van der Waals surface area (Å²) in [5.41, 5.74) is 11.3. The molecule has 1 aliphatic rings. The Morgan fingerprint density at radius 3 is 2.72 bits per heavy atom. The Hall–Kier alpha value is -1.69. The fourth-order valence-corrected chi connectivity index (χ4v) is 2.28. The molecule has 2 unspecified atom stereocenters. The van der Waals surface area contributed by atoms with Crippen molar-refractivity contribution in [1.82, 2.24) is 10.2 Å². The quantitative estimate of drug-likeness (QED) is 0.720. The van der Waals surface area contributed by atoms with Gasteiger partial charge in [-0.05, 0) is 30.9 Å². The second-order valence-corrected chi connectivity index (χ2v) is 4.76. The van der Waals surface area contributed by atoms with Gasteiger partial charge in [-0.1, -0.05) is 12.8 Å². The Morgan fingerprint density at radius 1 is 1.33 bits per heavy atom. The maximum absolute atomic E-state index is 10.8. The van der Waals surface area contributed by atoms with E-state index >= 15 is 0 Å². The molecule has 1 aromatic heterocycles. The van der Waals surface area contributed by atoms with Crippen LogP contribution in [0, 0.1) is 5.92 Å². The topological polar surface area (TPSA) is 107 Å². The van der Waals surface area contributed by atoms with E-state index in [4.69, 9.17) is 11.5 Å². The number of anilines is 1. The van der Waals surface area contributed by atoms with Gasteiger partial charge in [0.25, 0.3) is 5.91 Å². The molecule has 2 atom stereocenters. The summed E-state index contributed by atoms with van der Waals surface area (Å²) in [7, 11) is 0. The largest absolute Gasteiger partial charge is 0.368 e. The lowest BCUT2D eigenvalue weighted by atomic mass is 9.85. The van der Waals surface area contributed by atoms with Crippen molar-refractivity contribution in [3.8, 4) is 0 Å². The van der Waals surface area contributed by atoms with Crippen LogP contribution in [0.25, 0.3) is 0 Å². The summed E-state index contributed by atoms with van der Waals surface area (Å²) in [5.74, 6) is 0.567. The van der Waals surface area contributed by atoms with E-state index in [2.05, 4.69) is 15.5 Å². The zero-order valence-electron chi connectivity index (χ0n) is 10.3. The molecule has 2 rings (SSSR count). The van der Waals surface area contributed by atoms with Gasteiger partial charge in [0.15, 0.2) is 5.69 Å². The number of nitrogens with two attached hydrogens (primary N) is 2. The lowest BCUT2D eigenvalue weighted by molar-refractivity contribution is 0.0994. The molecule has 0 aliphatic heterocycles. The molecule has 0 spiro atoms. The van der Waals surface area contributed by atoms with Crippen LogP contribution in [0.3, 0.4) is 0 Å². The molecular weight excluding hydrogens is 230 g/mol. The number of hydrogen-bond donors (Lipinski definition) is 3. The smallest absolute Gasteiger partial charge is 0.269 e. The summed E-state index contributed by atoms with van der Waals surface area (Å²) in [6, 6.07) is 3.55. The maximum Gasteiger partial charge on any atom is 0.269 e. The van der Waals surface area contributed by atoms with E-state index in [1.54, 1.807) is 12.1 Å². The average Bonchev–Trinajstić information content (AvgIpc) is 2.38. The number of rotatable bonds is 4. The molecule has 1 fully saturated rings. The average molecular weight is 249 g/mol. The van der Waals surface area contributed by atoms with Crippen LogP contribution in [0.1, 0.15) is 36.2 Å². The van der Waals surface area contributed by atoms with Crippen LogP contribution in [0.15, 0.2) is 12.1 Å². The molecule has 98 valence electrons. The van der Waals surface area contributed by atoms with Crippen molar-refractivity contribution in [2.24, 2.45) is 17.4 Å². The predicted molar refractivity (Wildman–Crippen MR) is 69.0 cm³/mol. The molecule has 0 radical (unpaired) electrons. The minimum Gasteiger partial charge on any atom is -0.368 e. The first-order chi connectivity index (χ1) is 8.66. The number of amides is 1. The Kier molecular flexibility index (Phi) is 4.09. The van der Waals surface area contributed by atoms with Crippen LogP contribution in [-0.2, 0) is 0 Å². The molecule has 5 N–H and O–H groups in total. The highest BCUT2D eigenvalue weighted by Gasteiger charge is 2.21. The summed E-state index contributed by atoms with van der Waals surface area (Å²) < 4.78 is 0.